The van der Waals surface area contributed by atoms with Gasteiger partial charge in [0.1, 0.15) is 6.61 Å². The van der Waals surface area contributed by atoms with Crippen LogP contribution in [0.25, 0.3) is 11.1 Å². The molecule has 1 aliphatic rings. The normalized spacial score (nSPS) is 14.1. The Balaban J connectivity index is 1.55. The number of aliphatic carboxylic acids is 1. The van der Waals surface area contributed by atoms with Crippen LogP contribution in [0.15, 0.2) is 48.5 Å². The third-order valence-electron chi connectivity index (χ3n) is 5.48. The van der Waals surface area contributed by atoms with Crippen molar-refractivity contribution in [3.63, 3.8) is 0 Å². The number of carboxylic acids is 1. The molecule has 2 aromatic rings. The summed E-state index contributed by atoms with van der Waals surface area (Å²) in [4.78, 5) is 35.3. The Morgan fingerprint density at radius 1 is 0.968 bits per heavy atom. The molecule has 0 saturated carbocycles. The predicted molar refractivity (Wildman–Crippen MR) is 117 cm³/mol. The second-order valence-electron chi connectivity index (χ2n) is 7.85. The van der Waals surface area contributed by atoms with Crippen LogP contribution in [0.5, 0.6) is 0 Å². The molecule has 0 unspecified atom stereocenters. The monoisotopic (exact) mass is 424 g/mol. The van der Waals surface area contributed by atoms with Crippen molar-refractivity contribution in [3.8, 4) is 11.1 Å². The van der Waals surface area contributed by atoms with E-state index in [1.54, 1.807) is 6.92 Å². The number of fused-ring (bicyclic) bond motifs is 3. The second kappa shape index (κ2) is 10.1. The van der Waals surface area contributed by atoms with Crippen LogP contribution in [0.3, 0.4) is 0 Å². The first-order valence-electron chi connectivity index (χ1n) is 10.5. The van der Waals surface area contributed by atoms with Crippen LogP contribution in [0.1, 0.15) is 50.2 Å². The predicted octanol–water partition coefficient (Wildman–Crippen LogP) is 3.67. The molecule has 0 fully saturated rings. The first-order valence-corrected chi connectivity index (χ1v) is 10.5. The van der Waals surface area contributed by atoms with E-state index in [0.29, 0.717) is 6.42 Å². The molecule has 0 bridgehead atoms. The average Bonchev–Trinajstić information content (AvgIpc) is 3.05. The Kier molecular flexibility index (Phi) is 7.28. The van der Waals surface area contributed by atoms with Crippen molar-refractivity contribution in [1.29, 1.82) is 0 Å². The number of carbonyl (C=O) groups is 3. The number of hydrogen-bond acceptors (Lipinski definition) is 4. The number of carbonyl (C=O) groups excluding carboxylic acids is 2. The number of alkyl carbamates (subject to hydrolysis) is 1. The average molecular weight is 424 g/mol. The Morgan fingerprint density at radius 3 is 2.10 bits per heavy atom. The van der Waals surface area contributed by atoms with Crippen LogP contribution in [0, 0.1) is 0 Å². The van der Waals surface area contributed by atoms with E-state index in [1.807, 2.05) is 31.2 Å². The molecule has 31 heavy (non-hydrogen) atoms. The zero-order chi connectivity index (χ0) is 22.4. The van der Waals surface area contributed by atoms with Crippen molar-refractivity contribution in [2.75, 3.05) is 6.61 Å². The van der Waals surface area contributed by atoms with Crippen molar-refractivity contribution in [2.45, 2.75) is 51.1 Å². The van der Waals surface area contributed by atoms with Gasteiger partial charge in [-0.25, -0.2) is 4.79 Å². The summed E-state index contributed by atoms with van der Waals surface area (Å²) in [6, 6.07) is 15.3. The lowest BCUT2D eigenvalue weighted by atomic mass is 9.98. The van der Waals surface area contributed by atoms with E-state index < -0.39 is 24.1 Å². The standard InChI is InChI=1S/C24H28N2O5/c1-3-16(13-22(27)25-15(2)12-23(28)29)26-24(30)31-14-21-19-10-6-4-8-17(19)18-9-5-7-11-20(18)21/h4-11,15-16,21H,3,12-14H2,1-2H3,(H,25,27)(H,26,30)(H,28,29)/t15-,16+/m0/s1. The molecule has 1 aliphatic carbocycles. The highest BCUT2D eigenvalue weighted by molar-refractivity contribution is 5.80. The van der Waals surface area contributed by atoms with Gasteiger partial charge in [0.2, 0.25) is 5.91 Å². The summed E-state index contributed by atoms with van der Waals surface area (Å²) >= 11 is 0. The Morgan fingerprint density at radius 2 is 1.55 bits per heavy atom. The molecule has 2 aromatic carbocycles. The lowest BCUT2D eigenvalue weighted by Gasteiger charge is -2.19. The third-order valence-corrected chi connectivity index (χ3v) is 5.48. The molecule has 3 N–H and O–H groups in total. The minimum atomic E-state index is -0.975. The highest BCUT2D eigenvalue weighted by Crippen LogP contribution is 2.44. The number of carboxylic acid groups (broad SMARTS) is 1. The molecule has 2 amide bonds. The van der Waals surface area contributed by atoms with Gasteiger partial charge >= 0.3 is 12.1 Å². The van der Waals surface area contributed by atoms with Gasteiger partial charge in [-0.1, -0.05) is 55.5 Å². The molecule has 0 aliphatic heterocycles. The van der Waals surface area contributed by atoms with Gasteiger partial charge in [-0.3, -0.25) is 9.59 Å². The van der Waals surface area contributed by atoms with Crippen molar-refractivity contribution in [2.24, 2.45) is 0 Å². The minimum absolute atomic E-state index is 0.0293. The minimum Gasteiger partial charge on any atom is -0.481 e. The maximum absolute atomic E-state index is 12.4. The van der Waals surface area contributed by atoms with E-state index in [9.17, 15) is 14.4 Å². The van der Waals surface area contributed by atoms with Crippen LogP contribution >= 0.6 is 0 Å². The van der Waals surface area contributed by atoms with E-state index in [4.69, 9.17) is 9.84 Å². The number of rotatable bonds is 9. The number of nitrogens with one attached hydrogen (secondary N) is 2. The smallest absolute Gasteiger partial charge is 0.407 e. The highest BCUT2D eigenvalue weighted by atomic mass is 16.5. The van der Waals surface area contributed by atoms with E-state index in [2.05, 4.69) is 34.9 Å². The molecular weight excluding hydrogens is 396 g/mol. The Hall–Kier alpha value is -3.35. The summed E-state index contributed by atoms with van der Waals surface area (Å²) in [6.45, 7) is 3.70. The van der Waals surface area contributed by atoms with Crippen molar-refractivity contribution < 1.29 is 24.2 Å². The van der Waals surface area contributed by atoms with Crippen LogP contribution in [0.2, 0.25) is 0 Å². The van der Waals surface area contributed by atoms with E-state index in [0.717, 1.165) is 22.3 Å². The number of ether oxygens (including phenoxy) is 1. The molecule has 0 aromatic heterocycles. The Labute approximate surface area is 181 Å². The molecule has 0 heterocycles. The van der Waals surface area contributed by atoms with Crippen molar-refractivity contribution in [3.05, 3.63) is 59.7 Å². The number of amides is 2. The van der Waals surface area contributed by atoms with Gasteiger partial charge in [0.05, 0.1) is 6.42 Å². The number of benzene rings is 2. The molecule has 7 heteroatoms. The molecule has 7 nitrogen and oxygen atoms in total. The summed E-state index contributed by atoms with van der Waals surface area (Å²) in [5.74, 6) is -1.31. The van der Waals surface area contributed by atoms with E-state index in [-0.39, 0.29) is 31.3 Å². The van der Waals surface area contributed by atoms with Crippen LogP contribution < -0.4 is 10.6 Å². The maximum atomic E-state index is 12.4. The largest absolute Gasteiger partial charge is 0.481 e. The van der Waals surface area contributed by atoms with Gasteiger partial charge in [-0.05, 0) is 35.6 Å². The van der Waals surface area contributed by atoms with Gasteiger partial charge in [0.15, 0.2) is 0 Å². The lowest BCUT2D eigenvalue weighted by molar-refractivity contribution is -0.137. The van der Waals surface area contributed by atoms with E-state index >= 15 is 0 Å². The third kappa shape index (κ3) is 5.63. The summed E-state index contributed by atoms with van der Waals surface area (Å²) in [5, 5.41) is 14.2. The molecular formula is C24H28N2O5. The zero-order valence-corrected chi connectivity index (χ0v) is 17.8. The van der Waals surface area contributed by atoms with E-state index in [1.165, 1.54) is 0 Å². The highest BCUT2D eigenvalue weighted by Gasteiger charge is 2.29. The van der Waals surface area contributed by atoms with Crippen LogP contribution in [0.4, 0.5) is 4.79 Å². The quantitative estimate of drug-likeness (QED) is 0.570. The van der Waals surface area contributed by atoms with Crippen LogP contribution in [-0.2, 0) is 14.3 Å². The molecule has 0 saturated heterocycles. The maximum Gasteiger partial charge on any atom is 0.407 e. The topological polar surface area (TPSA) is 105 Å². The molecule has 164 valence electrons. The van der Waals surface area contributed by atoms with Gasteiger partial charge in [-0.15, -0.1) is 0 Å². The molecule has 0 radical (unpaired) electrons. The molecule has 2 atom stereocenters. The lowest BCUT2D eigenvalue weighted by Crippen LogP contribution is -2.41. The number of hydrogen-bond donors (Lipinski definition) is 3. The summed E-state index contributed by atoms with van der Waals surface area (Å²) in [6.07, 6.45) is -0.113. The van der Waals surface area contributed by atoms with Gasteiger partial charge in [0.25, 0.3) is 0 Å². The fourth-order valence-corrected chi connectivity index (χ4v) is 3.97. The fourth-order valence-electron chi connectivity index (χ4n) is 3.97. The van der Waals surface area contributed by atoms with Crippen molar-refractivity contribution in [1.82, 2.24) is 10.6 Å². The van der Waals surface area contributed by atoms with Gasteiger partial charge in [0, 0.05) is 24.4 Å². The van der Waals surface area contributed by atoms with Crippen molar-refractivity contribution >= 4 is 18.0 Å². The molecule has 0 spiro atoms. The first kappa shape index (κ1) is 22.3. The van der Waals surface area contributed by atoms with Crippen LogP contribution in [-0.4, -0.2) is 41.8 Å². The summed E-state index contributed by atoms with van der Waals surface area (Å²) in [7, 11) is 0. The Bertz CT molecular complexity index is 913. The fraction of sp³-hybridized carbons (Fsp3) is 0.375. The summed E-state index contributed by atoms with van der Waals surface area (Å²) < 4.78 is 5.53. The first-order chi connectivity index (χ1) is 14.9. The summed E-state index contributed by atoms with van der Waals surface area (Å²) in [5.41, 5.74) is 4.59. The molecule has 3 rings (SSSR count). The SMILES string of the molecule is CC[C@H](CC(=O)N[C@@H](C)CC(=O)O)NC(=O)OCC1c2ccccc2-c2ccccc21. The van der Waals surface area contributed by atoms with Gasteiger partial charge < -0.3 is 20.5 Å². The van der Waals surface area contributed by atoms with Gasteiger partial charge in [-0.2, -0.15) is 0 Å². The second-order valence-corrected chi connectivity index (χ2v) is 7.85. The zero-order valence-electron chi connectivity index (χ0n) is 17.8.